The number of hydrogen-bond donors (Lipinski definition) is 0. The SMILES string of the molecule is Cc1nc2ccc(C#N)c(N3C=COC3)c2c2c1ncn2[C@@H]1CCO[C@H](C)C1. The first-order valence-electron chi connectivity index (χ1n) is 9.54. The van der Waals surface area contributed by atoms with Crippen LogP contribution in [0.2, 0.25) is 0 Å². The monoisotopic (exact) mass is 375 g/mol. The van der Waals surface area contributed by atoms with E-state index in [1.165, 1.54) is 0 Å². The minimum Gasteiger partial charge on any atom is -0.479 e. The van der Waals surface area contributed by atoms with E-state index in [2.05, 4.69) is 17.6 Å². The molecule has 3 aromatic rings. The van der Waals surface area contributed by atoms with E-state index >= 15 is 0 Å². The van der Waals surface area contributed by atoms with E-state index in [1.807, 2.05) is 36.5 Å². The standard InChI is InChI=1S/C21H21N5O2/c1-13-9-16(5-7-28-13)26-11-23-19-14(2)24-17-4-3-15(10-22)20(18(17)21(19)26)25-6-8-27-12-25/h3-4,6,8,11,13,16H,5,7,9,12H2,1-2H3/t13-,16-/m1/s1. The normalized spacial score (nSPS) is 22.0. The number of aryl methyl sites for hydroxylation is 1. The summed E-state index contributed by atoms with van der Waals surface area (Å²) in [5.74, 6) is 0. The van der Waals surface area contributed by atoms with Gasteiger partial charge in [-0.2, -0.15) is 5.26 Å². The summed E-state index contributed by atoms with van der Waals surface area (Å²) >= 11 is 0. The van der Waals surface area contributed by atoms with Crippen LogP contribution >= 0.6 is 0 Å². The summed E-state index contributed by atoms with van der Waals surface area (Å²) in [6, 6.07) is 6.40. The molecule has 1 aromatic carbocycles. The second-order valence-electron chi connectivity index (χ2n) is 7.42. The topological polar surface area (TPSA) is 76.2 Å². The average molecular weight is 375 g/mol. The van der Waals surface area contributed by atoms with Crippen molar-refractivity contribution in [2.24, 2.45) is 0 Å². The van der Waals surface area contributed by atoms with Crippen LogP contribution in [0, 0.1) is 18.3 Å². The van der Waals surface area contributed by atoms with Crippen molar-refractivity contribution in [3.63, 3.8) is 0 Å². The van der Waals surface area contributed by atoms with E-state index in [4.69, 9.17) is 19.4 Å². The molecule has 0 spiro atoms. The van der Waals surface area contributed by atoms with Gasteiger partial charge in [0.05, 0.1) is 45.8 Å². The van der Waals surface area contributed by atoms with Gasteiger partial charge in [0.2, 0.25) is 0 Å². The molecule has 1 fully saturated rings. The predicted molar refractivity (Wildman–Crippen MR) is 106 cm³/mol. The van der Waals surface area contributed by atoms with E-state index in [0.717, 1.165) is 52.8 Å². The van der Waals surface area contributed by atoms with Crippen LogP contribution in [0.3, 0.4) is 0 Å². The lowest BCUT2D eigenvalue weighted by Crippen LogP contribution is -2.25. The summed E-state index contributed by atoms with van der Waals surface area (Å²) in [5.41, 5.74) is 5.10. The zero-order chi connectivity index (χ0) is 19.3. The molecule has 28 heavy (non-hydrogen) atoms. The van der Waals surface area contributed by atoms with Crippen LogP contribution in [0.25, 0.3) is 21.9 Å². The van der Waals surface area contributed by atoms with Crippen molar-refractivity contribution in [2.75, 3.05) is 18.2 Å². The summed E-state index contributed by atoms with van der Waals surface area (Å²) < 4.78 is 13.4. The largest absolute Gasteiger partial charge is 0.479 e. The highest BCUT2D eigenvalue weighted by molar-refractivity contribution is 6.11. The Morgan fingerprint density at radius 3 is 2.96 bits per heavy atom. The Bertz CT molecular complexity index is 1140. The van der Waals surface area contributed by atoms with Gasteiger partial charge in [-0.1, -0.05) is 0 Å². The highest BCUT2D eigenvalue weighted by Gasteiger charge is 2.26. The molecule has 0 unspecified atom stereocenters. The number of benzene rings is 1. The molecular weight excluding hydrogens is 354 g/mol. The van der Waals surface area contributed by atoms with E-state index in [0.29, 0.717) is 18.3 Å². The fourth-order valence-electron chi connectivity index (χ4n) is 4.33. The molecule has 0 aliphatic carbocycles. The minimum absolute atomic E-state index is 0.217. The molecule has 2 atom stereocenters. The first kappa shape index (κ1) is 17.0. The second kappa shape index (κ2) is 6.50. The van der Waals surface area contributed by atoms with E-state index < -0.39 is 0 Å². The molecule has 0 radical (unpaired) electrons. The molecular formula is C21H21N5O2. The van der Waals surface area contributed by atoms with Gasteiger partial charge >= 0.3 is 0 Å². The maximum atomic E-state index is 9.77. The summed E-state index contributed by atoms with van der Waals surface area (Å²) in [5, 5.41) is 10.7. The quantitative estimate of drug-likeness (QED) is 0.679. The van der Waals surface area contributed by atoms with Crippen LogP contribution in [-0.4, -0.2) is 34.0 Å². The number of nitriles is 1. The van der Waals surface area contributed by atoms with Crippen LogP contribution in [-0.2, 0) is 9.47 Å². The van der Waals surface area contributed by atoms with Gasteiger partial charge in [-0.15, -0.1) is 0 Å². The lowest BCUT2D eigenvalue weighted by Gasteiger charge is -2.29. The first-order chi connectivity index (χ1) is 13.7. The predicted octanol–water partition coefficient (Wildman–Crippen LogP) is 3.77. The zero-order valence-corrected chi connectivity index (χ0v) is 15.9. The molecule has 142 valence electrons. The molecule has 0 saturated carbocycles. The number of rotatable bonds is 2. The van der Waals surface area contributed by atoms with Crippen molar-refractivity contribution in [1.82, 2.24) is 14.5 Å². The fourth-order valence-corrected chi connectivity index (χ4v) is 4.33. The van der Waals surface area contributed by atoms with Crippen molar-refractivity contribution in [2.45, 2.75) is 38.8 Å². The number of imidazole rings is 1. The van der Waals surface area contributed by atoms with Gasteiger partial charge in [0, 0.05) is 18.8 Å². The van der Waals surface area contributed by atoms with Crippen LogP contribution in [0.5, 0.6) is 0 Å². The number of pyridine rings is 1. The third kappa shape index (κ3) is 2.53. The van der Waals surface area contributed by atoms with Crippen molar-refractivity contribution >= 4 is 27.6 Å². The maximum Gasteiger partial charge on any atom is 0.164 e. The van der Waals surface area contributed by atoms with Crippen LogP contribution in [0.4, 0.5) is 5.69 Å². The Labute approximate surface area is 162 Å². The van der Waals surface area contributed by atoms with E-state index in [-0.39, 0.29) is 6.10 Å². The summed E-state index contributed by atoms with van der Waals surface area (Å²) in [6.07, 6.45) is 7.53. The maximum absolute atomic E-state index is 9.77. The Kier molecular flexibility index (Phi) is 3.95. The third-order valence-electron chi connectivity index (χ3n) is 5.63. The average Bonchev–Trinajstić information content (AvgIpc) is 3.37. The highest BCUT2D eigenvalue weighted by Crippen LogP contribution is 2.39. The number of fused-ring (bicyclic) bond motifs is 3. The number of nitrogens with zero attached hydrogens (tertiary/aromatic N) is 5. The van der Waals surface area contributed by atoms with Gasteiger partial charge in [0.1, 0.15) is 17.8 Å². The Balaban J connectivity index is 1.85. The molecule has 0 amide bonds. The Morgan fingerprint density at radius 2 is 2.21 bits per heavy atom. The summed E-state index contributed by atoms with van der Waals surface area (Å²) in [6.45, 7) is 5.22. The zero-order valence-electron chi connectivity index (χ0n) is 15.9. The summed E-state index contributed by atoms with van der Waals surface area (Å²) in [4.78, 5) is 11.4. The third-order valence-corrected chi connectivity index (χ3v) is 5.63. The Morgan fingerprint density at radius 1 is 1.32 bits per heavy atom. The molecule has 5 rings (SSSR count). The highest BCUT2D eigenvalue weighted by atomic mass is 16.5. The van der Waals surface area contributed by atoms with Crippen molar-refractivity contribution in [3.8, 4) is 6.07 Å². The molecule has 2 aliphatic heterocycles. The van der Waals surface area contributed by atoms with E-state index in [1.54, 1.807) is 6.26 Å². The molecule has 7 nitrogen and oxygen atoms in total. The summed E-state index contributed by atoms with van der Waals surface area (Å²) in [7, 11) is 0. The van der Waals surface area contributed by atoms with Crippen LogP contribution in [0.1, 0.15) is 37.1 Å². The van der Waals surface area contributed by atoms with Crippen LogP contribution in [0.15, 0.2) is 30.9 Å². The number of anilines is 1. The van der Waals surface area contributed by atoms with Gasteiger partial charge in [-0.05, 0) is 38.8 Å². The number of ether oxygens (including phenoxy) is 2. The molecule has 0 N–H and O–H groups in total. The van der Waals surface area contributed by atoms with Gasteiger partial charge in [0.25, 0.3) is 0 Å². The lowest BCUT2D eigenvalue weighted by atomic mass is 10.0. The van der Waals surface area contributed by atoms with Gasteiger partial charge in [-0.25, -0.2) is 4.98 Å². The molecule has 4 heterocycles. The van der Waals surface area contributed by atoms with Gasteiger partial charge < -0.3 is 18.9 Å². The molecule has 7 heteroatoms. The molecule has 2 aliphatic rings. The minimum atomic E-state index is 0.217. The second-order valence-corrected chi connectivity index (χ2v) is 7.42. The fraction of sp³-hybridized carbons (Fsp3) is 0.381. The first-order valence-corrected chi connectivity index (χ1v) is 9.54. The van der Waals surface area contributed by atoms with Crippen molar-refractivity contribution < 1.29 is 9.47 Å². The van der Waals surface area contributed by atoms with Crippen molar-refractivity contribution in [3.05, 3.63) is 42.2 Å². The Hall–Kier alpha value is -3.11. The van der Waals surface area contributed by atoms with Gasteiger partial charge in [0.15, 0.2) is 6.73 Å². The van der Waals surface area contributed by atoms with Gasteiger partial charge in [-0.3, -0.25) is 4.98 Å². The lowest BCUT2D eigenvalue weighted by molar-refractivity contribution is 0.00674. The molecule has 0 bridgehead atoms. The molecule has 2 aromatic heterocycles. The number of hydrogen-bond acceptors (Lipinski definition) is 6. The van der Waals surface area contributed by atoms with Crippen LogP contribution < -0.4 is 4.90 Å². The van der Waals surface area contributed by atoms with Crippen molar-refractivity contribution in [1.29, 1.82) is 5.26 Å². The van der Waals surface area contributed by atoms with E-state index in [9.17, 15) is 5.26 Å². The number of aromatic nitrogens is 3. The molecule has 1 saturated heterocycles. The smallest absolute Gasteiger partial charge is 0.164 e.